The minimum atomic E-state index is 0.182. The second kappa shape index (κ2) is 5.81. The van der Waals surface area contributed by atoms with Gasteiger partial charge < -0.3 is 9.80 Å². The number of benzene rings is 1. The molecule has 5 nitrogen and oxygen atoms in total. The third kappa shape index (κ3) is 2.57. The molecule has 0 saturated carbocycles. The quantitative estimate of drug-likeness (QED) is 0.713. The average molecular weight is 350 g/mol. The molecule has 0 N–H and O–H groups in total. The summed E-state index contributed by atoms with van der Waals surface area (Å²) in [5.41, 5.74) is 0. The Labute approximate surface area is 149 Å². The molecule has 0 radical (unpaired) electrons. The first-order valence-corrected chi connectivity index (χ1v) is 9.38. The van der Waals surface area contributed by atoms with Gasteiger partial charge in [0.1, 0.15) is 5.82 Å². The fourth-order valence-corrected chi connectivity index (χ4v) is 5.07. The Morgan fingerprint density at radius 2 is 1.88 bits per heavy atom. The number of carbonyl (C=O) groups excluding carboxylic acids is 1. The number of likely N-dealkylation sites (tertiary alicyclic amines) is 1. The molecule has 6 heteroatoms. The van der Waals surface area contributed by atoms with Gasteiger partial charge in [-0.05, 0) is 17.5 Å². The van der Waals surface area contributed by atoms with Crippen molar-refractivity contribution in [2.45, 2.75) is 0 Å². The Hall–Kier alpha value is -2.47. The number of fused-ring (bicyclic) bond motifs is 2. The van der Waals surface area contributed by atoms with Crippen molar-refractivity contribution in [3.05, 3.63) is 53.8 Å². The van der Waals surface area contributed by atoms with Gasteiger partial charge in [-0.1, -0.05) is 18.2 Å². The Kier molecular flexibility index (Phi) is 3.45. The lowest BCUT2D eigenvalue weighted by Crippen LogP contribution is -2.33. The van der Waals surface area contributed by atoms with Gasteiger partial charge in [0, 0.05) is 55.1 Å². The van der Waals surface area contributed by atoms with E-state index in [1.165, 1.54) is 4.70 Å². The first-order chi connectivity index (χ1) is 12.3. The predicted octanol–water partition coefficient (Wildman–Crippen LogP) is 2.90. The minimum absolute atomic E-state index is 0.182. The highest BCUT2D eigenvalue weighted by molar-refractivity contribution is 7.20. The lowest BCUT2D eigenvalue weighted by atomic mass is 10.0. The maximum Gasteiger partial charge on any atom is 0.263 e. The third-order valence-electron chi connectivity index (χ3n) is 5.28. The van der Waals surface area contributed by atoms with Crippen LogP contribution in [0.25, 0.3) is 10.1 Å². The van der Waals surface area contributed by atoms with Gasteiger partial charge in [-0.3, -0.25) is 9.78 Å². The summed E-state index contributed by atoms with van der Waals surface area (Å²) in [5.74, 6) is 2.18. The molecule has 2 aromatic heterocycles. The molecule has 2 aliphatic rings. The van der Waals surface area contributed by atoms with Crippen molar-refractivity contribution in [2.24, 2.45) is 11.8 Å². The molecular weight excluding hydrogens is 332 g/mol. The zero-order chi connectivity index (χ0) is 16.8. The molecule has 0 bridgehead atoms. The topological polar surface area (TPSA) is 49.3 Å². The number of nitrogens with zero attached hydrogens (tertiary/aromatic N) is 4. The summed E-state index contributed by atoms with van der Waals surface area (Å²) >= 11 is 1.60. The SMILES string of the molecule is O=C(c1cc2ccccc2s1)N1CC2CN(c3cnccn3)CC2C1. The van der Waals surface area contributed by atoms with Gasteiger partial charge in [0.15, 0.2) is 0 Å². The third-order valence-corrected chi connectivity index (χ3v) is 6.39. The van der Waals surface area contributed by atoms with Crippen LogP contribution < -0.4 is 4.90 Å². The number of hydrogen-bond acceptors (Lipinski definition) is 5. The molecule has 1 aromatic carbocycles. The van der Waals surface area contributed by atoms with Crippen LogP contribution in [0.15, 0.2) is 48.9 Å². The largest absolute Gasteiger partial charge is 0.355 e. The van der Waals surface area contributed by atoms with E-state index in [4.69, 9.17) is 0 Å². The fourth-order valence-electron chi connectivity index (χ4n) is 4.04. The van der Waals surface area contributed by atoms with E-state index in [1.54, 1.807) is 23.7 Å². The number of rotatable bonds is 2. The fraction of sp³-hybridized carbons (Fsp3) is 0.316. The zero-order valence-corrected chi connectivity index (χ0v) is 14.5. The Balaban J connectivity index is 1.30. The molecule has 4 heterocycles. The van der Waals surface area contributed by atoms with E-state index in [0.29, 0.717) is 11.8 Å². The smallest absolute Gasteiger partial charge is 0.263 e. The predicted molar refractivity (Wildman–Crippen MR) is 99.0 cm³/mol. The van der Waals surface area contributed by atoms with Crippen LogP contribution in [0.2, 0.25) is 0 Å². The van der Waals surface area contributed by atoms with Crippen molar-refractivity contribution in [3.63, 3.8) is 0 Å². The van der Waals surface area contributed by atoms with Gasteiger partial charge >= 0.3 is 0 Å². The molecule has 5 rings (SSSR count). The molecule has 126 valence electrons. The van der Waals surface area contributed by atoms with E-state index in [0.717, 1.165) is 42.3 Å². The first-order valence-electron chi connectivity index (χ1n) is 8.57. The molecule has 2 fully saturated rings. The summed E-state index contributed by atoms with van der Waals surface area (Å²) in [6.07, 6.45) is 5.26. The maximum absolute atomic E-state index is 12.9. The highest BCUT2D eigenvalue weighted by atomic mass is 32.1. The lowest BCUT2D eigenvalue weighted by Gasteiger charge is -2.21. The number of carbonyl (C=O) groups is 1. The minimum Gasteiger partial charge on any atom is -0.355 e. The molecule has 2 unspecified atom stereocenters. The molecule has 3 aromatic rings. The average Bonchev–Trinajstić information content (AvgIpc) is 3.34. The van der Waals surface area contributed by atoms with Crippen molar-refractivity contribution < 1.29 is 4.79 Å². The van der Waals surface area contributed by atoms with Gasteiger partial charge in [0.25, 0.3) is 5.91 Å². The van der Waals surface area contributed by atoms with Gasteiger partial charge in [-0.2, -0.15) is 0 Å². The van der Waals surface area contributed by atoms with E-state index < -0.39 is 0 Å². The van der Waals surface area contributed by atoms with Crippen molar-refractivity contribution >= 4 is 33.1 Å². The van der Waals surface area contributed by atoms with Gasteiger partial charge in [-0.15, -0.1) is 11.3 Å². The molecule has 2 aliphatic heterocycles. The molecule has 25 heavy (non-hydrogen) atoms. The van der Waals surface area contributed by atoms with Gasteiger partial charge in [-0.25, -0.2) is 4.98 Å². The zero-order valence-electron chi connectivity index (χ0n) is 13.7. The second-order valence-corrected chi connectivity index (χ2v) is 7.93. The number of hydrogen-bond donors (Lipinski definition) is 0. The van der Waals surface area contributed by atoms with Gasteiger partial charge in [0.2, 0.25) is 0 Å². The van der Waals surface area contributed by atoms with Crippen molar-refractivity contribution in [3.8, 4) is 0 Å². The highest BCUT2D eigenvalue weighted by Gasteiger charge is 2.42. The molecule has 2 saturated heterocycles. The Morgan fingerprint density at radius 1 is 1.08 bits per heavy atom. The van der Waals surface area contributed by atoms with Crippen LogP contribution in [0.1, 0.15) is 9.67 Å². The van der Waals surface area contributed by atoms with Crippen LogP contribution in [0.5, 0.6) is 0 Å². The summed E-state index contributed by atoms with van der Waals surface area (Å²) < 4.78 is 1.18. The number of aromatic nitrogens is 2. The maximum atomic E-state index is 12.9. The van der Waals surface area contributed by atoms with E-state index in [2.05, 4.69) is 27.0 Å². The summed E-state index contributed by atoms with van der Waals surface area (Å²) in [4.78, 5) is 26.6. The van der Waals surface area contributed by atoms with Crippen LogP contribution in [-0.4, -0.2) is 47.0 Å². The number of amides is 1. The molecule has 1 amide bonds. The van der Waals surface area contributed by atoms with E-state index in [-0.39, 0.29) is 5.91 Å². The highest BCUT2D eigenvalue weighted by Crippen LogP contribution is 2.35. The van der Waals surface area contributed by atoms with Crippen molar-refractivity contribution in [1.82, 2.24) is 14.9 Å². The van der Waals surface area contributed by atoms with Gasteiger partial charge in [0.05, 0.1) is 11.1 Å². The number of thiophene rings is 1. The lowest BCUT2D eigenvalue weighted by molar-refractivity contribution is 0.0787. The van der Waals surface area contributed by atoms with Crippen LogP contribution in [0.3, 0.4) is 0 Å². The summed E-state index contributed by atoms with van der Waals surface area (Å²) in [7, 11) is 0. The van der Waals surface area contributed by atoms with Crippen LogP contribution in [0, 0.1) is 11.8 Å². The number of anilines is 1. The standard InChI is InChI=1S/C19H18N4OS/c24-19(17-7-13-3-1-2-4-16(13)25-17)23-11-14-9-22(10-15(14)12-23)18-8-20-5-6-21-18/h1-8,14-15H,9-12H2. The normalized spacial score (nSPS) is 22.6. The summed E-state index contributed by atoms with van der Waals surface area (Å²) in [6.45, 7) is 3.60. The molecule has 2 atom stereocenters. The molecule has 0 spiro atoms. The van der Waals surface area contributed by atoms with E-state index in [1.807, 2.05) is 29.3 Å². The summed E-state index contributed by atoms with van der Waals surface area (Å²) in [5, 5.41) is 1.16. The monoisotopic (exact) mass is 350 g/mol. The van der Waals surface area contributed by atoms with Crippen LogP contribution in [0.4, 0.5) is 5.82 Å². The van der Waals surface area contributed by atoms with Crippen LogP contribution in [-0.2, 0) is 0 Å². The Morgan fingerprint density at radius 3 is 2.60 bits per heavy atom. The van der Waals surface area contributed by atoms with E-state index in [9.17, 15) is 4.79 Å². The Bertz CT molecular complexity index is 878. The molecular formula is C19H18N4OS. The first kappa shape index (κ1) is 14.8. The van der Waals surface area contributed by atoms with Crippen molar-refractivity contribution in [1.29, 1.82) is 0 Å². The second-order valence-electron chi connectivity index (χ2n) is 6.85. The summed E-state index contributed by atoms with van der Waals surface area (Å²) in [6, 6.07) is 10.2. The van der Waals surface area contributed by atoms with Crippen molar-refractivity contribution in [2.75, 3.05) is 31.1 Å². The van der Waals surface area contributed by atoms with Crippen LogP contribution >= 0.6 is 11.3 Å². The van der Waals surface area contributed by atoms with E-state index >= 15 is 0 Å². The molecule has 0 aliphatic carbocycles.